The molecule has 0 bridgehead atoms. The van der Waals surface area contributed by atoms with E-state index in [1.165, 1.54) is 0 Å². The van der Waals surface area contributed by atoms with Crippen molar-refractivity contribution in [3.05, 3.63) is 10.1 Å². The fraction of sp³-hybridized carbons (Fsp3) is 0.889. The standard InChI is InChI=1S/C9H18N2O2/c1-8(2,3)7(9(4,5)6)10-11(12)13/h1-6H3. The van der Waals surface area contributed by atoms with E-state index in [2.05, 4.69) is 5.10 Å². The van der Waals surface area contributed by atoms with Crippen molar-refractivity contribution in [2.75, 3.05) is 0 Å². The first kappa shape index (κ1) is 12.1. The zero-order valence-corrected chi connectivity index (χ0v) is 9.21. The van der Waals surface area contributed by atoms with Crippen molar-refractivity contribution in [1.29, 1.82) is 0 Å². The average Bonchev–Trinajstić information content (AvgIpc) is 1.77. The molecule has 0 fully saturated rings. The fourth-order valence-corrected chi connectivity index (χ4v) is 1.51. The van der Waals surface area contributed by atoms with Gasteiger partial charge < -0.3 is 0 Å². The highest BCUT2D eigenvalue weighted by Crippen LogP contribution is 2.29. The van der Waals surface area contributed by atoms with Crippen LogP contribution < -0.4 is 0 Å². The van der Waals surface area contributed by atoms with Crippen molar-refractivity contribution in [3.63, 3.8) is 0 Å². The van der Waals surface area contributed by atoms with Crippen LogP contribution in [0.1, 0.15) is 41.5 Å². The van der Waals surface area contributed by atoms with E-state index in [4.69, 9.17) is 0 Å². The Morgan fingerprint density at radius 2 is 1.38 bits per heavy atom. The molecule has 0 aromatic carbocycles. The van der Waals surface area contributed by atoms with Gasteiger partial charge in [0, 0.05) is 10.8 Å². The Kier molecular flexibility index (Phi) is 3.19. The Morgan fingerprint density at radius 3 is 1.46 bits per heavy atom. The van der Waals surface area contributed by atoms with Crippen LogP contribution in [0.25, 0.3) is 0 Å². The van der Waals surface area contributed by atoms with Gasteiger partial charge in [0.1, 0.15) is 5.71 Å². The molecule has 0 aliphatic heterocycles. The molecule has 4 nitrogen and oxygen atoms in total. The molecule has 0 spiro atoms. The number of hydrogen-bond acceptors (Lipinski definition) is 2. The molecule has 0 saturated heterocycles. The van der Waals surface area contributed by atoms with Crippen molar-refractivity contribution >= 4 is 5.71 Å². The largest absolute Gasteiger partial charge is 0.233 e. The fourth-order valence-electron chi connectivity index (χ4n) is 1.51. The van der Waals surface area contributed by atoms with Crippen LogP contribution in [-0.2, 0) is 0 Å². The van der Waals surface area contributed by atoms with E-state index >= 15 is 0 Å². The molecule has 0 aromatic heterocycles. The summed E-state index contributed by atoms with van der Waals surface area (Å²) in [5.74, 6) is 0. The van der Waals surface area contributed by atoms with Crippen molar-refractivity contribution in [2.24, 2.45) is 15.9 Å². The molecule has 0 amide bonds. The third-order valence-electron chi connectivity index (χ3n) is 1.60. The molecule has 76 valence electrons. The predicted molar refractivity (Wildman–Crippen MR) is 53.3 cm³/mol. The van der Waals surface area contributed by atoms with Gasteiger partial charge in [-0.3, -0.25) is 0 Å². The highest BCUT2D eigenvalue weighted by atomic mass is 16.7. The Balaban J connectivity index is 5.13. The number of nitrogens with zero attached hydrogens (tertiary/aromatic N) is 2. The van der Waals surface area contributed by atoms with Crippen LogP contribution in [0, 0.1) is 20.9 Å². The highest BCUT2D eigenvalue weighted by molar-refractivity contribution is 5.93. The summed E-state index contributed by atoms with van der Waals surface area (Å²) in [5.41, 5.74) is 0.0985. The third kappa shape index (κ3) is 4.01. The minimum Gasteiger partial charge on any atom is -0.233 e. The Hall–Kier alpha value is -0.930. The van der Waals surface area contributed by atoms with Crippen LogP contribution in [0.5, 0.6) is 0 Å². The van der Waals surface area contributed by atoms with E-state index in [-0.39, 0.29) is 10.8 Å². The van der Waals surface area contributed by atoms with E-state index in [0.29, 0.717) is 5.71 Å². The molecule has 0 heterocycles. The maximum atomic E-state index is 10.3. The Morgan fingerprint density at radius 1 is 1.08 bits per heavy atom. The van der Waals surface area contributed by atoms with E-state index in [1.807, 2.05) is 41.5 Å². The SMILES string of the molecule is CC(C)(C)C(=N[N+](=O)[O-])C(C)(C)C. The van der Waals surface area contributed by atoms with Gasteiger partial charge in [-0.15, -0.1) is 0 Å². The summed E-state index contributed by atoms with van der Waals surface area (Å²) in [5, 5.41) is 13.2. The van der Waals surface area contributed by atoms with Gasteiger partial charge in [0.15, 0.2) is 5.03 Å². The second-order valence-corrected chi connectivity index (χ2v) is 5.19. The van der Waals surface area contributed by atoms with Crippen LogP contribution in [0.3, 0.4) is 0 Å². The lowest BCUT2D eigenvalue weighted by Crippen LogP contribution is -2.33. The summed E-state index contributed by atoms with van der Waals surface area (Å²) in [7, 11) is 0. The molecule has 0 saturated carbocycles. The van der Waals surface area contributed by atoms with Crippen LogP contribution in [-0.4, -0.2) is 10.7 Å². The van der Waals surface area contributed by atoms with Gasteiger partial charge in [-0.2, -0.15) is 0 Å². The quantitative estimate of drug-likeness (QED) is 0.359. The average molecular weight is 186 g/mol. The monoisotopic (exact) mass is 186 g/mol. The summed E-state index contributed by atoms with van der Waals surface area (Å²) < 4.78 is 0. The van der Waals surface area contributed by atoms with E-state index < -0.39 is 5.03 Å². The van der Waals surface area contributed by atoms with Crippen LogP contribution in [0.2, 0.25) is 0 Å². The summed E-state index contributed by atoms with van der Waals surface area (Å²) in [6.07, 6.45) is 0. The minimum absolute atomic E-state index is 0.259. The van der Waals surface area contributed by atoms with Crippen molar-refractivity contribution in [1.82, 2.24) is 0 Å². The Labute approximate surface area is 79.2 Å². The molecular weight excluding hydrogens is 168 g/mol. The van der Waals surface area contributed by atoms with Crippen molar-refractivity contribution in [3.8, 4) is 0 Å². The van der Waals surface area contributed by atoms with Crippen LogP contribution in [0.4, 0.5) is 0 Å². The molecule has 0 radical (unpaired) electrons. The van der Waals surface area contributed by atoms with Crippen molar-refractivity contribution in [2.45, 2.75) is 41.5 Å². The lowest BCUT2D eigenvalue weighted by Gasteiger charge is -2.28. The first-order valence-electron chi connectivity index (χ1n) is 4.29. The molecule has 0 N–H and O–H groups in total. The molecule has 0 aliphatic rings. The smallest absolute Gasteiger partial charge is 0.190 e. The summed E-state index contributed by atoms with van der Waals surface area (Å²) >= 11 is 0. The second kappa shape index (κ2) is 3.44. The molecule has 0 aromatic rings. The second-order valence-electron chi connectivity index (χ2n) is 5.19. The predicted octanol–water partition coefficient (Wildman–Crippen LogP) is 2.71. The van der Waals surface area contributed by atoms with Gasteiger partial charge in [-0.05, 0) is 0 Å². The lowest BCUT2D eigenvalue weighted by atomic mass is 9.75. The number of hydrazone groups is 1. The molecule has 13 heavy (non-hydrogen) atoms. The first-order valence-corrected chi connectivity index (χ1v) is 4.29. The zero-order valence-electron chi connectivity index (χ0n) is 9.21. The zero-order chi connectivity index (χ0) is 10.9. The van der Waals surface area contributed by atoms with Gasteiger partial charge in [-0.25, -0.2) is 10.1 Å². The summed E-state index contributed by atoms with van der Waals surface area (Å²) in [6.45, 7) is 11.6. The lowest BCUT2D eigenvalue weighted by molar-refractivity contribution is -0.485. The normalized spacial score (nSPS) is 12.5. The topological polar surface area (TPSA) is 55.5 Å². The molecule has 0 aliphatic carbocycles. The van der Waals surface area contributed by atoms with Crippen molar-refractivity contribution < 1.29 is 5.03 Å². The maximum absolute atomic E-state index is 10.3. The number of nitro groups is 1. The van der Waals surface area contributed by atoms with Gasteiger partial charge >= 0.3 is 0 Å². The van der Waals surface area contributed by atoms with Gasteiger partial charge in [-0.1, -0.05) is 41.5 Å². The van der Waals surface area contributed by atoms with Gasteiger partial charge in [0.25, 0.3) is 0 Å². The summed E-state index contributed by atoms with van der Waals surface area (Å²) in [4.78, 5) is 10.3. The molecule has 0 rings (SSSR count). The number of hydrogen-bond donors (Lipinski definition) is 0. The highest BCUT2D eigenvalue weighted by Gasteiger charge is 2.33. The molecule has 4 heteroatoms. The van der Waals surface area contributed by atoms with E-state index in [9.17, 15) is 10.1 Å². The van der Waals surface area contributed by atoms with Gasteiger partial charge in [0.2, 0.25) is 0 Å². The molecular formula is C9H18N2O2. The number of rotatable bonds is 1. The van der Waals surface area contributed by atoms with Gasteiger partial charge in [0.05, 0.1) is 5.10 Å². The minimum atomic E-state index is -0.619. The van der Waals surface area contributed by atoms with E-state index in [1.54, 1.807) is 0 Å². The molecule has 0 unspecified atom stereocenters. The summed E-state index contributed by atoms with van der Waals surface area (Å²) in [6, 6.07) is 0. The maximum Gasteiger partial charge on any atom is 0.190 e. The van der Waals surface area contributed by atoms with E-state index in [0.717, 1.165) is 0 Å². The molecule has 0 atom stereocenters. The third-order valence-corrected chi connectivity index (χ3v) is 1.60. The first-order chi connectivity index (χ1) is 5.55. The van der Waals surface area contributed by atoms with Crippen LogP contribution >= 0.6 is 0 Å². The Bertz CT molecular complexity index is 215. The van der Waals surface area contributed by atoms with Crippen LogP contribution in [0.15, 0.2) is 5.10 Å².